The minimum Gasteiger partial charge on any atom is -0.292 e. The maximum absolute atomic E-state index is 13.9. The zero-order valence-corrected chi connectivity index (χ0v) is 15.5. The number of hydrogen-bond acceptors (Lipinski definition) is 6. The van der Waals surface area contributed by atoms with Crippen molar-refractivity contribution >= 4 is 52.1 Å². The maximum Gasteiger partial charge on any atom is 0.293 e. The molecule has 0 unspecified atom stereocenters. The van der Waals surface area contributed by atoms with Crippen LogP contribution < -0.4 is 0 Å². The Morgan fingerprint density at radius 2 is 1.89 bits per heavy atom. The number of benzene rings is 2. The molecule has 0 atom stereocenters. The van der Waals surface area contributed by atoms with E-state index >= 15 is 0 Å². The third-order valence-corrected chi connectivity index (χ3v) is 5.09. The SMILES string of the molecule is O=C(CN1C(=O)S/C(=C\c2c(F)cccc2Cl)C1=O)c1ccc([N+](=O)[O-])cc1. The zero-order valence-electron chi connectivity index (χ0n) is 13.9. The lowest BCUT2D eigenvalue weighted by Crippen LogP contribution is -2.33. The van der Waals surface area contributed by atoms with Gasteiger partial charge < -0.3 is 0 Å². The van der Waals surface area contributed by atoms with Gasteiger partial charge in [0.25, 0.3) is 16.8 Å². The highest BCUT2D eigenvalue weighted by Gasteiger charge is 2.36. The van der Waals surface area contributed by atoms with Gasteiger partial charge in [-0.3, -0.25) is 29.4 Å². The molecule has 1 aliphatic rings. The van der Waals surface area contributed by atoms with E-state index in [1.54, 1.807) is 0 Å². The van der Waals surface area contributed by atoms with Crippen LogP contribution in [-0.4, -0.2) is 33.3 Å². The van der Waals surface area contributed by atoms with Gasteiger partial charge in [0.05, 0.1) is 21.4 Å². The zero-order chi connectivity index (χ0) is 20.4. The summed E-state index contributed by atoms with van der Waals surface area (Å²) in [5.74, 6) is -1.96. The molecule has 10 heteroatoms. The first kappa shape index (κ1) is 19.7. The Balaban J connectivity index is 1.79. The summed E-state index contributed by atoms with van der Waals surface area (Å²) in [5.41, 5.74) is -0.102. The smallest absolute Gasteiger partial charge is 0.292 e. The van der Waals surface area contributed by atoms with Crippen molar-refractivity contribution in [1.82, 2.24) is 4.90 Å². The monoisotopic (exact) mass is 420 g/mol. The Morgan fingerprint density at radius 1 is 1.21 bits per heavy atom. The Bertz CT molecular complexity index is 1020. The average Bonchev–Trinajstić information content (AvgIpc) is 2.92. The number of rotatable bonds is 5. The number of nitrogens with zero attached hydrogens (tertiary/aromatic N) is 2. The molecule has 1 aliphatic heterocycles. The van der Waals surface area contributed by atoms with E-state index in [1.807, 2.05) is 0 Å². The van der Waals surface area contributed by atoms with Crippen LogP contribution in [0.4, 0.5) is 14.9 Å². The summed E-state index contributed by atoms with van der Waals surface area (Å²) in [6.07, 6.45) is 1.17. The predicted octanol–water partition coefficient (Wildman–Crippen LogP) is 4.31. The molecule has 0 radical (unpaired) electrons. The van der Waals surface area contributed by atoms with Crippen molar-refractivity contribution in [3.05, 3.63) is 79.5 Å². The van der Waals surface area contributed by atoms with Crippen LogP contribution in [0.15, 0.2) is 47.4 Å². The fourth-order valence-corrected chi connectivity index (χ4v) is 3.46. The highest BCUT2D eigenvalue weighted by molar-refractivity contribution is 8.18. The van der Waals surface area contributed by atoms with Crippen molar-refractivity contribution in [3.8, 4) is 0 Å². The summed E-state index contributed by atoms with van der Waals surface area (Å²) >= 11 is 6.49. The standard InChI is InChI=1S/C18H10ClFN2O5S/c19-13-2-1-3-14(20)12(13)8-16-17(24)21(18(25)28-16)9-15(23)10-4-6-11(7-5-10)22(26)27/h1-8H,9H2/b16-8-. The van der Waals surface area contributed by atoms with Crippen LogP contribution in [0, 0.1) is 15.9 Å². The van der Waals surface area contributed by atoms with E-state index < -0.39 is 34.2 Å². The molecule has 0 bridgehead atoms. The molecule has 0 aliphatic carbocycles. The van der Waals surface area contributed by atoms with Crippen LogP contribution in [0.1, 0.15) is 15.9 Å². The average molecular weight is 421 g/mol. The van der Waals surface area contributed by atoms with Gasteiger partial charge in [-0.25, -0.2) is 4.39 Å². The van der Waals surface area contributed by atoms with E-state index in [4.69, 9.17) is 11.6 Å². The summed E-state index contributed by atoms with van der Waals surface area (Å²) in [7, 11) is 0. The lowest BCUT2D eigenvalue weighted by Gasteiger charge is -2.11. The maximum atomic E-state index is 13.9. The molecule has 0 spiro atoms. The molecular weight excluding hydrogens is 411 g/mol. The lowest BCUT2D eigenvalue weighted by atomic mass is 10.1. The first-order chi connectivity index (χ1) is 13.3. The summed E-state index contributed by atoms with van der Waals surface area (Å²) in [4.78, 5) is 47.6. The van der Waals surface area contributed by atoms with E-state index in [2.05, 4.69) is 0 Å². The van der Waals surface area contributed by atoms with Crippen molar-refractivity contribution < 1.29 is 23.7 Å². The third-order valence-electron chi connectivity index (χ3n) is 3.85. The van der Waals surface area contributed by atoms with Crippen LogP contribution in [0.25, 0.3) is 6.08 Å². The number of non-ortho nitro benzene ring substituents is 1. The van der Waals surface area contributed by atoms with Crippen LogP contribution in [-0.2, 0) is 4.79 Å². The highest BCUT2D eigenvalue weighted by atomic mass is 35.5. The molecule has 0 aromatic heterocycles. The van der Waals surface area contributed by atoms with Gasteiger partial charge in [0.1, 0.15) is 5.82 Å². The van der Waals surface area contributed by atoms with Gasteiger partial charge in [-0.2, -0.15) is 0 Å². The van der Waals surface area contributed by atoms with Crippen molar-refractivity contribution in [2.45, 2.75) is 0 Å². The molecule has 1 fully saturated rings. The van der Waals surface area contributed by atoms with Gasteiger partial charge in [-0.15, -0.1) is 0 Å². The number of carbonyl (C=O) groups is 3. The van der Waals surface area contributed by atoms with Gasteiger partial charge in [-0.1, -0.05) is 17.7 Å². The molecular formula is C18H10ClFN2O5S. The number of ketones is 1. The van der Waals surface area contributed by atoms with E-state index in [0.717, 1.165) is 17.0 Å². The molecule has 28 heavy (non-hydrogen) atoms. The van der Waals surface area contributed by atoms with Crippen molar-refractivity contribution in [2.24, 2.45) is 0 Å². The fraction of sp³-hybridized carbons (Fsp3) is 0.0556. The number of thioether (sulfide) groups is 1. The second-order valence-corrected chi connectivity index (χ2v) is 7.03. The second kappa shape index (κ2) is 7.91. The van der Waals surface area contributed by atoms with Gasteiger partial charge in [0.2, 0.25) is 0 Å². The number of hydrogen-bond donors (Lipinski definition) is 0. The molecule has 3 rings (SSSR count). The molecule has 2 aromatic carbocycles. The molecule has 142 valence electrons. The molecule has 7 nitrogen and oxygen atoms in total. The van der Waals surface area contributed by atoms with Crippen molar-refractivity contribution in [2.75, 3.05) is 6.54 Å². The van der Waals surface area contributed by atoms with Gasteiger partial charge in [0.15, 0.2) is 5.78 Å². The number of nitro groups is 1. The largest absolute Gasteiger partial charge is 0.293 e. The highest BCUT2D eigenvalue weighted by Crippen LogP contribution is 2.34. The lowest BCUT2D eigenvalue weighted by molar-refractivity contribution is -0.384. The predicted molar refractivity (Wildman–Crippen MR) is 102 cm³/mol. The number of nitro benzene ring substituents is 1. The van der Waals surface area contributed by atoms with Gasteiger partial charge in [0, 0.05) is 23.3 Å². The number of imide groups is 1. The summed E-state index contributed by atoms with van der Waals surface area (Å²) < 4.78 is 13.9. The molecule has 2 amide bonds. The topological polar surface area (TPSA) is 97.6 Å². The van der Waals surface area contributed by atoms with E-state index in [9.17, 15) is 28.9 Å². The van der Waals surface area contributed by atoms with Crippen LogP contribution in [0.3, 0.4) is 0 Å². The van der Waals surface area contributed by atoms with Crippen LogP contribution in [0.2, 0.25) is 5.02 Å². The summed E-state index contributed by atoms with van der Waals surface area (Å²) in [6, 6.07) is 8.81. The molecule has 1 heterocycles. The number of halogens is 2. The Labute approximate surface area is 166 Å². The molecule has 0 saturated carbocycles. The van der Waals surface area contributed by atoms with E-state index in [-0.39, 0.29) is 26.7 Å². The van der Waals surface area contributed by atoms with Gasteiger partial charge >= 0.3 is 0 Å². The second-order valence-electron chi connectivity index (χ2n) is 5.63. The van der Waals surface area contributed by atoms with Crippen LogP contribution >= 0.6 is 23.4 Å². The van der Waals surface area contributed by atoms with Crippen molar-refractivity contribution in [3.63, 3.8) is 0 Å². The number of Topliss-reactive ketones (excluding diaryl/α,β-unsaturated/α-hetero) is 1. The first-order valence-electron chi connectivity index (χ1n) is 7.75. The molecule has 2 aromatic rings. The quantitative estimate of drug-likeness (QED) is 0.309. The Hall–Kier alpha value is -3.04. The normalized spacial score (nSPS) is 15.4. The minimum absolute atomic E-state index is 0.0311. The van der Waals surface area contributed by atoms with E-state index in [1.165, 1.54) is 36.4 Å². The Kier molecular flexibility index (Phi) is 5.57. The fourth-order valence-electron chi connectivity index (χ4n) is 2.42. The third kappa shape index (κ3) is 3.95. The minimum atomic E-state index is -0.746. The Morgan fingerprint density at radius 3 is 2.50 bits per heavy atom. The molecule has 1 saturated heterocycles. The molecule has 0 N–H and O–H groups in total. The first-order valence-corrected chi connectivity index (χ1v) is 8.94. The summed E-state index contributed by atoms with van der Waals surface area (Å²) in [5, 5.41) is 10.1. The number of carbonyl (C=O) groups excluding carboxylic acids is 3. The van der Waals surface area contributed by atoms with Crippen LogP contribution in [0.5, 0.6) is 0 Å². The van der Waals surface area contributed by atoms with Gasteiger partial charge in [-0.05, 0) is 42.1 Å². The summed E-state index contributed by atoms with van der Waals surface area (Å²) in [6.45, 7) is -0.537. The van der Waals surface area contributed by atoms with Crippen molar-refractivity contribution in [1.29, 1.82) is 0 Å². The number of amides is 2. The van der Waals surface area contributed by atoms with E-state index in [0.29, 0.717) is 11.8 Å².